The molecule has 0 saturated carbocycles. The Morgan fingerprint density at radius 1 is 1.30 bits per heavy atom. The van der Waals surface area contributed by atoms with Gasteiger partial charge in [-0.05, 0) is 38.0 Å². The summed E-state index contributed by atoms with van der Waals surface area (Å²) in [6.45, 7) is 1.99. The maximum Gasteiger partial charge on any atom is 0.309 e. The predicted molar refractivity (Wildman–Crippen MR) is 101 cm³/mol. The average Bonchev–Trinajstić information content (AvgIpc) is 2.61. The highest BCUT2D eigenvalue weighted by Gasteiger charge is 2.31. The third-order valence-corrected chi connectivity index (χ3v) is 5.88. The molecule has 150 valence electrons. The van der Waals surface area contributed by atoms with Crippen LogP contribution in [0.2, 0.25) is 5.02 Å². The number of methoxy groups -OCH3 is 1. The largest absolute Gasteiger partial charge is 0.495 e. The molecule has 8 nitrogen and oxygen atoms in total. The Labute approximate surface area is 163 Å². The summed E-state index contributed by atoms with van der Waals surface area (Å²) < 4.78 is 34.8. The number of benzene rings is 1. The van der Waals surface area contributed by atoms with Crippen LogP contribution in [-0.4, -0.2) is 57.2 Å². The van der Waals surface area contributed by atoms with Gasteiger partial charge in [0.2, 0.25) is 10.0 Å². The molecule has 0 aromatic heterocycles. The first-order valence-electron chi connectivity index (χ1n) is 8.42. The highest BCUT2D eigenvalue weighted by Crippen LogP contribution is 2.28. The molecule has 27 heavy (non-hydrogen) atoms. The maximum atomic E-state index is 12.3. The zero-order valence-corrected chi connectivity index (χ0v) is 17.0. The van der Waals surface area contributed by atoms with Gasteiger partial charge in [-0.2, -0.15) is 0 Å². The molecule has 1 atom stereocenters. The van der Waals surface area contributed by atoms with Crippen LogP contribution in [0.1, 0.15) is 19.8 Å². The van der Waals surface area contributed by atoms with Crippen LogP contribution in [0.3, 0.4) is 0 Å². The number of esters is 1. The van der Waals surface area contributed by atoms with E-state index in [1.165, 1.54) is 24.4 Å². The van der Waals surface area contributed by atoms with Crippen molar-refractivity contribution >= 4 is 39.2 Å². The summed E-state index contributed by atoms with van der Waals surface area (Å²) in [7, 11) is -1.80. The second kappa shape index (κ2) is 8.90. The van der Waals surface area contributed by atoms with Crippen LogP contribution < -0.4 is 10.1 Å². The van der Waals surface area contributed by atoms with Crippen molar-refractivity contribution in [3.63, 3.8) is 0 Å². The Bertz CT molecular complexity index is 806. The first-order chi connectivity index (χ1) is 12.6. The Balaban J connectivity index is 1.91. The van der Waals surface area contributed by atoms with E-state index in [2.05, 4.69) is 5.32 Å². The summed E-state index contributed by atoms with van der Waals surface area (Å²) >= 11 is 5.93. The smallest absolute Gasteiger partial charge is 0.309 e. The minimum absolute atomic E-state index is 0.263. The number of carbonyl (C=O) groups excluding carboxylic acids is 2. The van der Waals surface area contributed by atoms with E-state index >= 15 is 0 Å². The van der Waals surface area contributed by atoms with Crippen molar-refractivity contribution in [2.45, 2.75) is 25.9 Å². The van der Waals surface area contributed by atoms with E-state index < -0.39 is 33.9 Å². The minimum Gasteiger partial charge on any atom is -0.495 e. The minimum atomic E-state index is -3.26. The predicted octanol–water partition coefficient (Wildman–Crippen LogP) is 1.89. The van der Waals surface area contributed by atoms with Gasteiger partial charge in [-0.1, -0.05) is 11.6 Å². The summed E-state index contributed by atoms with van der Waals surface area (Å²) in [5.74, 6) is -1.03. The Kier molecular flexibility index (Phi) is 7.07. The number of carbonyl (C=O) groups is 2. The number of hydrogen-bond acceptors (Lipinski definition) is 6. The summed E-state index contributed by atoms with van der Waals surface area (Å²) in [6.07, 6.45) is 0.849. The number of nitrogens with zero attached hydrogens (tertiary/aromatic N) is 1. The number of anilines is 1. The summed E-state index contributed by atoms with van der Waals surface area (Å²) in [6, 6.07) is 4.78. The molecular weight excluding hydrogens is 396 g/mol. The fraction of sp³-hybridized carbons (Fsp3) is 0.529. The molecule has 2 rings (SSSR count). The maximum absolute atomic E-state index is 12.3. The van der Waals surface area contributed by atoms with E-state index in [9.17, 15) is 18.0 Å². The highest BCUT2D eigenvalue weighted by atomic mass is 35.5. The van der Waals surface area contributed by atoms with Gasteiger partial charge in [0.15, 0.2) is 6.10 Å². The van der Waals surface area contributed by atoms with Gasteiger partial charge in [0.25, 0.3) is 5.91 Å². The fourth-order valence-corrected chi connectivity index (χ4v) is 3.81. The lowest BCUT2D eigenvalue weighted by molar-refractivity contribution is -0.158. The van der Waals surface area contributed by atoms with Crippen LogP contribution in [0.5, 0.6) is 5.75 Å². The monoisotopic (exact) mass is 418 g/mol. The SMILES string of the molecule is COc1ccc(Cl)cc1NC(=O)C(C)OC(=O)C1CCN(S(C)(=O)=O)CC1. The van der Waals surface area contributed by atoms with Crippen LogP contribution in [0, 0.1) is 5.92 Å². The molecular formula is C17H23ClN2O6S. The lowest BCUT2D eigenvalue weighted by Gasteiger charge is -2.29. The molecule has 1 N–H and O–H groups in total. The standard InChI is InChI=1S/C17H23ClN2O6S/c1-11(16(21)19-14-10-13(18)4-5-15(14)25-2)26-17(22)12-6-8-20(9-7-12)27(3,23)24/h4-5,10-12H,6-9H2,1-3H3,(H,19,21). The quantitative estimate of drug-likeness (QED) is 0.708. The van der Waals surface area contributed by atoms with Crippen molar-refractivity contribution in [2.75, 3.05) is 31.8 Å². The molecule has 1 aliphatic heterocycles. The zero-order valence-electron chi connectivity index (χ0n) is 15.4. The lowest BCUT2D eigenvalue weighted by atomic mass is 9.98. The summed E-state index contributed by atoms with van der Waals surface area (Å²) in [5, 5.41) is 3.05. The molecule has 1 aromatic rings. The van der Waals surface area contributed by atoms with E-state index in [0.29, 0.717) is 29.3 Å². The van der Waals surface area contributed by atoms with Crippen molar-refractivity contribution in [3.05, 3.63) is 23.2 Å². The van der Waals surface area contributed by atoms with Gasteiger partial charge >= 0.3 is 5.97 Å². The molecule has 0 bridgehead atoms. The van der Waals surface area contributed by atoms with Gasteiger partial charge in [-0.15, -0.1) is 0 Å². The number of hydrogen-bond donors (Lipinski definition) is 1. The van der Waals surface area contributed by atoms with Crippen LogP contribution in [0.4, 0.5) is 5.69 Å². The van der Waals surface area contributed by atoms with Crippen molar-refractivity contribution in [1.29, 1.82) is 0 Å². The lowest BCUT2D eigenvalue weighted by Crippen LogP contribution is -2.41. The van der Waals surface area contributed by atoms with Gasteiger partial charge < -0.3 is 14.8 Å². The number of piperidine rings is 1. The number of rotatable bonds is 6. The van der Waals surface area contributed by atoms with Crippen LogP contribution in [-0.2, 0) is 24.3 Å². The van der Waals surface area contributed by atoms with Crippen molar-refractivity contribution in [2.24, 2.45) is 5.92 Å². The Morgan fingerprint density at radius 3 is 2.48 bits per heavy atom. The van der Waals surface area contributed by atoms with E-state index in [0.717, 1.165) is 6.26 Å². The van der Waals surface area contributed by atoms with E-state index in [-0.39, 0.29) is 13.1 Å². The number of amides is 1. The molecule has 1 aromatic carbocycles. The van der Waals surface area contributed by atoms with Crippen LogP contribution >= 0.6 is 11.6 Å². The van der Waals surface area contributed by atoms with Gasteiger partial charge in [-0.3, -0.25) is 9.59 Å². The second-order valence-corrected chi connectivity index (χ2v) is 8.77. The Hall–Kier alpha value is -1.84. The highest BCUT2D eigenvalue weighted by molar-refractivity contribution is 7.88. The van der Waals surface area contributed by atoms with Crippen molar-refractivity contribution in [3.8, 4) is 5.75 Å². The molecule has 1 unspecified atom stereocenters. The first kappa shape index (κ1) is 21.5. The molecule has 1 fully saturated rings. The van der Waals surface area contributed by atoms with Gasteiger partial charge in [0.05, 0.1) is 25.0 Å². The van der Waals surface area contributed by atoms with Gasteiger partial charge in [0.1, 0.15) is 5.75 Å². The molecule has 1 heterocycles. The van der Waals surface area contributed by atoms with E-state index in [1.54, 1.807) is 12.1 Å². The van der Waals surface area contributed by atoms with Gasteiger partial charge in [-0.25, -0.2) is 12.7 Å². The van der Waals surface area contributed by atoms with Gasteiger partial charge in [0, 0.05) is 18.1 Å². The first-order valence-corrected chi connectivity index (χ1v) is 10.6. The molecule has 10 heteroatoms. The average molecular weight is 419 g/mol. The normalized spacial score (nSPS) is 17.2. The molecule has 0 aliphatic carbocycles. The summed E-state index contributed by atoms with van der Waals surface area (Å²) in [5.41, 5.74) is 0.374. The summed E-state index contributed by atoms with van der Waals surface area (Å²) in [4.78, 5) is 24.6. The zero-order chi connectivity index (χ0) is 20.2. The van der Waals surface area contributed by atoms with Crippen molar-refractivity contribution in [1.82, 2.24) is 4.31 Å². The van der Waals surface area contributed by atoms with Crippen LogP contribution in [0.25, 0.3) is 0 Å². The number of nitrogens with one attached hydrogen (secondary N) is 1. The molecule has 1 amide bonds. The van der Waals surface area contributed by atoms with Crippen LogP contribution in [0.15, 0.2) is 18.2 Å². The van der Waals surface area contributed by atoms with E-state index in [4.69, 9.17) is 21.1 Å². The molecule has 1 aliphatic rings. The topological polar surface area (TPSA) is 102 Å². The molecule has 0 radical (unpaired) electrons. The Morgan fingerprint density at radius 2 is 1.93 bits per heavy atom. The molecule has 1 saturated heterocycles. The number of sulfonamides is 1. The number of ether oxygens (including phenoxy) is 2. The second-order valence-electron chi connectivity index (χ2n) is 6.35. The fourth-order valence-electron chi connectivity index (χ4n) is 2.76. The third-order valence-electron chi connectivity index (χ3n) is 4.34. The van der Waals surface area contributed by atoms with Crippen molar-refractivity contribution < 1.29 is 27.5 Å². The number of halogens is 1. The van der Waals surface area contributed by atoms with E-state index in [1.807, 2.05) is 0 Å². The third kappa shape index (κ3) is 5.82. The molecule has 0 spiro atoms.